The summed E-state index contributed by atoms with van der Waals surface area (Å²) in [7, 11) is 0. The highest BCUT2D eigenvalue weighted by Gasteiger charge is 2.27. The maximum absolute atomic E-state index is 12.1. The molecule has 0 bridgehead atoms. The molecule has 1 heterocycles. The minimum absolute atomic E-state index is 0.00165. The van der Waals surface area contributed by atoms with E-state index in [0.717, 1.165) is 38.8 Å². The lowest BCUT2D eigenvalue weighted by atomic mass is 9.87. The maximum Gasteiger partial charge on any atom is 0.250 e. The normalized spacial score (nSPS) is 33.1. The van der Waals surface area contributed by atoms with Crippen molar-refractivity contribution in [2.75, 3.05) is 32.8 Å². The average molecular weight is 270 g/mol. The van der Waals surface area contributed by atoms with Crippen LogP contribution in [0.4, 0.5) is 0 Å². The lowest BCUT2D eigenvalue weighted by Crippen LogP contribution is -2.50. The Kier molecular flexibility index (Phi) is 5.60. The Hall–Kier alpha value is -0.650. The van der Waals surface area contributed by atoms with Crippen LogP contribution in [-0.2, 0) is 9.53 Å². The predicted molar refractivity (Wildman–Crippen MR) is 72.8 cm³/mol. The Balaban J connectivity index is 1.71. The van der Waals surface area contributed by atoms with Gasteiger partial charge in [0.2, 0.25) is 5.91 Å². The number of carbonyl (C=O) groups excluding carboxylic acids is 1. The molecule has 1 aliphatic heterocycles. The van der Waals surface area contributed by atoms with E-state index in [4.69, 9.17) is 4.74 Å². The molecule has 2 N–H and O–H groups in total. The highest BCUT2D eigenvalue weighted by Crippen LogP contribution is 2.23. The van der Waals surface area contributed by atoms with Crippen LogP contribution in [-0.4, -0.2) is 60.9 Å². The number of amides is 1. The molecule has 2 rings (SSSR count). The van der Waals surface area contributed by atoms with Crippen LogP contribution in [0.1, 0.15) is 32.6 Å². The summed E-state index contributed by atoms with van der Waals surface area (Å²) < 4.78 is 5.53. The number of nitrogens with one attached hydrogen (secondary N) is 1. The van der Waals surface area contributed by atoms with Crippen LogP contribution in [0.2, 0.25) is 0 Å². The zero-order valence-electron chi connectivity index (χ0n) is 11.8. The summed E-state index contributed by atoms with van der Waals surface area (Å²) in [6.07, 6.45) is 3.36. The summed E-state index contributed by atoms with van der Waals surface area (Å²) in [6, 6.07) is 0. The van der Waals surface area contributed by atoms with Gasteiger partial charge >= 0.3 is 0 Å². The molecule has 0 spiro atoms. The first-order valence-corrected chi connectivity index (χ1v) is 7.48. The van der Waals surface area contributed by atoms with Gasteiger partial charge in [-0.1, -0.05) is 13.3 Å². The molecule has 0 aromatic rings. The molecule has 0 aromatic heterocycles. The van der Waals surface area contributed by atoms with Crippen LogP contribution in [0, 0.1) is 5.92 Å². The van der Waals surface area contributed by atoms with Crippen LogP contribution in [0.25, 0.3) is 0 Å². The topological polar surface area (TPSA) is 61.8 Å². The highest BCUT2D eigenvalue weighted by atomic mass is 16.5. The molecule has 5 heteroatoms. The minimum atomic E-state index is -0.331. The molecule has 2 aliphatic rings. The van der Waals surface area contributed by atoms with E-state index < -0.39 is 0 Å². The van der Waals surface area contributed by atoms with Gasteiger partial charge in [-0.3, -0.25) is 9.69 Å². The van der Waals surface area contributed by atoms with Gasteiger partial charge in [0.1, 0.15) is 6.10 Å². The first-order valence-electron chi connectivity index (χ1n) is 7.48. The zero-order chi connectivity index (χ0) is 13.7. The second-order valence-corrected chi connectivity index (χ2v) is 5.68. The smallest absolute Gasteiger partial charge is 0.250 e. The standard InChI is InChI=1S/C14H26N2O3/c1-2-16-6-7-19-13(10-16)14(18)15-9-11-4-3-5-12(17)8-11/h11-13,17H,2-10H2,1H3,(H,15,18). The fraction of sp³-hybridized carbons (Fsp3) is 0.929. The Labute approximate surface area is 115 Å². The molecule has 1 saturated carbocycles. The monoisotopic (exact) mass is 270 g/mol. The van der Waals surface area contributed by atoms with Crippen molar-refractivity contribution < 1.29 is 14.6 Å². The zero-order valence-corrected chi connectivity index (χ0v) is 11.8. The third-order valence-electron chi connectivity index (χ3n) is 4.21. The van der Waals surface area contributed by atoms with Crippen molar-refractivity contribution in [1.29, 1.82) is 0 Å². The number of rotatable bonds is 4. The maximum atomic E-state index is 12.1. The SMILES string of the molecule is CCN1CCOC(C(=O)NCC2CCCC(O)C2)C1. The number of likely N-dealkylation sites (N-methyl/N-ethyl adjacent to an activating group) is 1. The fourth-order valence-corrected chi connectivity index (χ4v) is 2.96. The molecule has 2 fully saturated rings. The first-order chi connectivity index (χ1) is 9.19. The van der Waals surface area contributed by atoms with E-state index in [1.165, 1.54) is 0 Å². The van der Waals surface area contributed by atoms with Crippen molar-refractivity contribution in [3.05, 3.63) is 0 Å². The van der Waals surface area contributed by atoms with Gasteiger partial charge in [-0.2, -0.15) is 0 Å². The van der Waals surface area contributed by atoms with Gasteiger partial charge in [0, 0.05) is 19.6 Å². The second-order valence-electron chi connectivity index (χ2n) is 5.68. The number of carbonyl (C=O) groups is 1. The third kappa shape index (κ3) is 4.44. The first kappa shape index (κ1) is 14.8. The van der Waals surface area contributed by atoms with Gasteiger partial charge in [-0.15, -0.1) is 0 Å². The molecule has 3 atom stereocenters. The molecule has 19 heavy (non-hydrogen) atoms. The summed E-state index contributed by atoms with van der Waals surface area (Å²) in [5.41, 5.74) is 0. The van der Waals surface area contributed by atoms with Gasteiger partial charge in [0.05, 0.1) is 12.7 Å². The lowest BCUT2D eigenvalue weighted by Gasteiger charge is -2.32. The molecule has 5 nitrogen and oxygen atoms in total. The number of nitrogens with zero attached hydrogens (tertiary/aromatic N) is 1. The largest absolute Gasteiger partial charge is 0.393 e. The third-order valence-corrected chi connectivity index (χ3v) is 4.21. The van der Waals surface area contributed by atoms with Crippen molar-refractivity contribution in [3.8, 4) is 0 Å². The molecule has 0 radical (unpaired) electrons. The van der Waals surface area contributed by atoms with Gasteiger partial charge in [-0.05, 0) is 31.7 Å². The number of aliphatic hydroxyl groups excluding tert-OH is 1. The van der Waals surface area contributed by atoms with Gasteiger partial charge in [0.15, 0.2) is 0 Å². The fourth-order valence-electron chi connectivity index (χ4n) is 2.96. The van der Waals surface area contributed by atoms with E-state index >= 15 is 0 Å². The van der Waals surface area contributed by atoms with Crippen LogP contribution in [0.3, 0.4) is 0 Å². The van der Waals surface area contributed by atoms with Crippen LogP contribution >= 0.6 is 0 Å². The van der Waals surface area contributed by atoms with E-state index in [-0.39, 0.29) is 18.1 Å². The Morgan fingerprint density at radius 3 is 3.05 bits per heavy atom. The molecule has 0 aromatic carbocycles. The Morgan fingerprint density at radius 1 is 1.47 bits per heavy atom. The minimum Gasteiger partial charge on any atom is -0.393 e. The van der Waals surface area contributed by atoms with Crippen molar-refractivity contribution in [3.63, 3.8) is 0 Å². The molecule has 1 aliphatic carbocycles. The molecule has 3 unspecified atom stereocenters. The number of ether oxygens (including phenoxy) is 1. The van der Waals surface area contributed by atoms with E-state index in [1.807, 2.05) is 0 Å². The summed E-state index contributed by atoms with van der Waals surface area (Å²) in [5, 5.41) is 12.6. The number of morpholine rings is 1. The van der Waals surface area contributed by atoms with Crippen LogP contribution < -0.4 is 5.32 Å². The van der Waals surface area contributed by atoms with E-state index in [2.05, 4.69) is 17.1 Å². The van der Waals surface area contributed by atoms with Crippen molar-refractivity contribution >= 4 is 5.91 Å². The highest BCUT2D eigenvalue weighted by molar-refractivity contribution is 5.81. The quantitative estimate of drug-likeness (QED) is 0.775. The summed E-state index contributed by atoms with van der Waals surface area (Å²) >= 11 is 0. The van der Waals surface area contributed by atoms with Crippen LogP contribution in [0.5, 0.6) is 0 Å². The predicted octanol–water partition coefficient (Wildman–Crippen LogP) is 0.374. The summed E-state index contributed by atoms with van der Waals surface area (Å²) in [4.78, 5) is 14.3. The Morgan fingerprint density at radius 2 is 2.32 bits per heavy atom. The Bertz CT molecular complexity index is 298. The second kappa shape index (κ2) is 7.22. The van der Waals surface area contributed by atoms with Crippen molar-refractivity contribution in [1.82, 2.24) is 10.2 Å². The van der Waals surface area contributed by atoms with Gasteiger partial charge in [-0.25, -0.2) is 0 Å². The van der Waals surface area contributed by atoms with Crippen molar-refractivity contribution in [2.24, 2.45) is 5.92 Å². The number of hydrogen-bond donors (Lipinski definition) is 2. The average Bonchev–Trinajstić information content (AvgIpc) is 2.45. The molecule has 1 amide bonds. The number of aliphatic hydroxyl groups is 1. The van der Waals surface area contributed by atoms with Gasteiger partial charge in [0.25, 0.3) is 0 Å². The molecular weight excluding hydrogens is 244 g/mol. The van der Waals surface area contributed by atoms with E-state index in [0.29, 0.717) is 25.6 Å². The van der Waals surface area contributed by atoms with Crippen molar-refractivity contribution in [2.45, 2.75) is 44.8 Å². The molecule has 1 saturated heterocycles. The number of hydrogen-bond acceptors (Lipinski definition) is 4. The van der Waals surface area contributed by atoms with E-state index in [9.17, 15) is 9.90 Å². The molecular formula is C14H26N2O3. The van der Waals surface area contributed by atoms with E-state index in [1.54, 1.807) is 0 Å². The van der Waals surface area contributed by atoms with Crippen LogP contribution in [0.15, 0.2) is 0 Å². The lowest BCUT2D eigenvalue weighted by molar-refractivity contribution is -0.138. The summed E-state index contributed by atoms with van der Waals surface area (Å²) in [5.74, 6) is 0.414. The molecule has 110 valence electrons. The van der Waals surface area contributed by atoms with Gasteiger partial charge < -0.3 is 15.2 Å². The summed E-state index contributed by atoms with van der Waals surface area (Å²) in [6.45, 7) is 5.96.